The van der Waals surface area contributed by atoms with Crippen molar-refractivity contribution in [2.45, 2.75) is 31.4 Å². The molecule has 0 bridgehead atoms. The molecule has 8 nitrogen and oxygen atoms in total. The maximum atomic E-state index is 14.7. The average molecular weight is 426 g/mol. The summed E-state index contributed by atoms with van der Waals surface area (Å²) in [4.78, 5) is 16.8. The molecule has 2 aromatic heterocycles. The van der Waals surface area contributed by atoms with Gasteiger partial charge in [-0.2, -0.15) is 9.97 Å². The Morgan fingerprint density at radius 2 is 2.24 bits per heavy atom. The van der Waals surface area contributed by atoms with Crippen molar-refractivity contribution in [3.05, 3.63) is 17.2 Å². The number of likely N-dealkylation sites (tertiary alicyclic amines) is 1. The predicted octanol–water partition coefficient (Wildman–Crippen LogP) is 1.88. The summed E-state index contributed by atoms with van der Waals surface area (Å²) in [5, 5.41) is 10.7. The maximum absolute atomic E-state index is 14.7. The fourth-order valence-corrected chi connectivity index (χ4v) is 3.99. The van der Waals surface area contributed by atoms with Crippen molar-refractivity contribution in [3.8, 4) is 6.01 Å². The molecule has 4 rings (SSSR count). The molecular weight excluding hydrogens is 401 g/mol. The minimum absolute atomic E-state index is 0.0505. The Labute approximate surface area is 173 Å². The van der Waals surface area contributed by atoms with Crippen LogP contribution in [0.3, 0.4) is 0 Å². The molecule has 2 atom stereocenters. The van der Waals surface area contributed by atoms with E-state index >= 15 is 0 Å². The molecule has 2 aliphatic rings. The van der Waals surface area contributed by atoms with E-state index in [0.717, 1.165) is 19.4 Å². The standard InChI is InChI=1S/C19H25ClFN5O3/c1-19(27)10-26(6-7-28-11-19)17-13-8-22-16(20)14(21)15(13)23-18(24-17)29-9-12-4-3-5-25(12)2/h8,12,27H,3-7,9-11H2,1-2H3/t12-,19-/m0/s1. The van der Waals surface area contributed by atoms with Gasteiger partial charge in [0.15, 0.2) is 11.0 Å². The van der Waals surface area contributed by atoms with E-state index in [2.05, 4.69) is 26.9 Å². The highest BCUT2D eigenvalue weighted by atomic mass is 35.5. The first-order valence-electron chi connectivity index (χ1n) is 9.74. The summed E-state index contributed by atoms with van der Waals surface area (Å²) in [6.07, 6.45) is 3.60. The zero-order valence-corrected chi connectivity index (χ0v) is 17.3. The average Bonchev–Trinajstić information content (AvgIpc) is 3.00. The van der Waals surface area contributed by atoms with Crippen molar-refractivity contribution in [2.24, 2.45) is 0 Å². The van der Waals surface area contributed by atoms with Gasteiger partial charge >= 0.3 is 6.01 Å². The van der Waals surface area contributed by atoms with E-state index < -0.39 is 11.4 Å². The third-order valence-corrected chi connectivity index (χ3v) is 5.69. The van der Waals surface area contributed by atoms with Gasteiger partial charge in [-0.3, -0.25) is 0 Å². The van der Waals surface area contributed by atoms with Gasteiger partial charge in [0.05, 0.1) is 25.1 Å². The fraction of sp³-hybridized carbons (Fsp3) is 0.632. The number of halogens is 2. The monoisotopic (exact) mass is 425 g/mol. The summed E-state index contributed by atoms with van der Waals surface area (Å²) in [5.41, 5.74) is -1.02. The quantitative estimate of drug-likeness (QED) is 0.743. The second-order valence-corrected chi connectivity index (χ2v) is 8.37. The number of fused-ring (bicyclic) bond motifs is 1. The minimum atomic E-state index is -1.07. The first kappa shape index (κ1) is 20.5. The molecule has 1 N–H and O–H groups in total. The predicted molar refractivity (Wildman–Crippen MR) is 107 cm³/mol. The highest BCUT2D eigenvalue weighted by molar-refractivity contribution is 6.30. The van der Waals surface area contributed by atoms with E-state index in [1.54, 1.807) is 6.92 Å². The Kier molecular flexibility index (Phi) is 5.74. The number of nitrogens with zero attached hydrogens (tertiary/aromatic N) is 5. The van der Waals surface area contributed by atoms with Gasteiger partial charge in [-0.15, -0.1) is 0 Å². The van der Waals surface area contributed by atoms with Crippen LogP contribution < -0.4 is 9.64 Å². The lowest BCUT2D eigenvalue weighted by Crippen LogP contribution is -2.42. The summed E-state index contributed by atoms with van der Waals surface area (Å²) < 4.78 is 26.1. The van der Waals surface area contributed by atoms with E-state index in [1.165, 1.54) is 6.20 Å². The SMILES string of the molecule is CN1CCC[C@H]1COc1nc(N2CCOC[C@@](C)(O)C2)c2cnc(Cl)c(F)c2n1. The molecule has 2 fully saturated rings. The van der Waals surface area contributed by atoms with E-state index in [4.69, 9.17) is 21.1 Å². The summed E-state index contributed by atoms with van der Waals surface area (Å²) in [5.74, 6) is -0.271. The number of likely N-dealkylation sites (N-methyl/N-ethyl adjacent to an activating group) is 1. The number of β-amino-alcohol motifs (C(OH)–C–C–N with tert-alkyl or cyclic N) is 1. The third-order valence-electron chi connectivity index (χ3n) is 5.43. The highest BCUT2D eigenvalue weighted by Gasteiger charge is 2.30. The summed E-state index contributed by atoms with van der Waals surface area (Å²) in [6.45, 7) is 4.51. The third kappa shape index (κ3) is 4.37. The number of aliphatic hydroxyl groups is 1. The van der Waals surface area contributed by atoms with Gasteiger partial charge in [0, 0.05) is 18.8 Å². The van der Waals surface area contributed by atoms with Crippen LogP contribution in [0.25, 0.3) is 10.9 Å². The van der Waals surface area contributed by atoms with Gasteiger partial charge in [-0.1, -0.05) is 11.6 Å². The van der Waals surface area contributed by atoms with Crippen LogP contribution in [0, 0.1) is 5.82 Å². The molecule has 4 heterocycles. The van der Waals surface area contributed by atoms with Crippen LogP contribution in [0.1, 0.15) is 19.8 Å². The molecule has 0 spiro atoms. The molecule has 0 aromatic carbocycles. The number of ether oxygens (including phenoxy) is 2. The Balaban J connectivity index is 1.72. The van der Waals surface area contributed by atoms with E-state index in [1.807, 2.05) is 4.90 Å². The van der Waals surface area contributed by atoms with Gasteiger partial charge < -0.3 is 24.4 Å². The van der Waals surface area contributed by atoms with Crippen molar-refractivity contribution in [2.75, 3.05) is 51.4 Å². The van der Waals surface area contributed by atoms with Crippen LogP contribution in [0.5, 0.6) is 6.01 Å². The lowest BCUT2D eigenvalue weighted by atomic mass is 10.1. The van der Waals surface area contributed by atoms with Crippen LogP contribution in [0.4, 0.5) is 10.2 Å². The smallest absolute Gasteiger partial charge is 0.319 e. The van der Waals surface area contributed by atoms with Crippen molar-refractivity contribution in [1.29, 1.82) is 0 Å². The molecule has 0 saturated carbocycles. The Hall–Kier alpha value is -1.81. The molecule has 0 aliphatic carbocycles. The van der Waals surface area contributed by atoms with Gasteiger partial charge in [0.25, 0.3) is 0 Å². The first-order valence-corrected chi connectivity index (χ1v) is 10.1. The van der Waals surface area contributed by atoms with Crippen molar-refractivity contribution in [3.63, 3.8) is 0 Å². The van der Waals surface area contributed by atoms with Crippen LogP contribution in [0.15, 0.2) is 6.20 Å². The lowest BCUT2D eigenvalue weighted by molar-refractivity contribution is -0.0123. The largest absolute Gasteiger partial charge is 0.462 e. The Morgan fingerprint density at radius 3 is 3.00 bits per heavy atom. The van der Waals surface area contributed by atoms with Gasteiger partial charge in [0.2, 0.25) is 0 Å². The van der Waals surface area contributed by atoms with Crippen LogP contribution in [-0.2, 0) is 4.74 Å². The number of anilines is 1. The molecule has 2 saturated heterocycles. The van der Waals surface area contributed by atoms with Gasteiger partial charge in [0.1, 0.15) is 23.5 Å². The Morgan fingerprint density at radius 1 is 1.41 bits per heavy atom. The van der Waals surface area contributed by atoms with Crippen molar-refractivity contribution in [1.82, 2.24) is 19.9 Å². The van der Waals surface area contributed by atoms with Gasteiger partial charge in [-0.25, -0.2) is 9.37 Å². The molecular formula is C19H25ClFN5O3. The number of aromatic nitrogens is 3. The number of rotatable bonds is 4. The molecule has 10 heteroatoms. The molecule has 0 amide bonds. The lowest BCUT2D eigenvalue weighted by Gasteiger charge is -2.29. The second-order valence-electron chi connectivity index (χ2n) is 8.01. The van der Waals surface area contributed by atoms with Crippen LogP contribution in [-0.4, -0.2) is 83.1 Å². The highest BCUT2D eigenvalue weighted by Crippen LogP contribution is 2.31. The first-order chi connectivity index (χ1) is 13.8. The molecule has 2 aromatic rings. The van der Waals surface area contributed by atoms with Crippen LogP contribution >= 0.6 is 11.6 Å². The van der Waals surface area contributed by atoms with Crippen LogP contribution in [0.2, 0.25) is 5.15 Å². The number of hydrogen-bond acceptors (Lipinski definition) is 8. The zero-order valence-electron chi connectivity index (χ0n) is 16.6. The maximum Gasteiger partial charge on any atom is 0.319 e. The normalized spacial score (nSPS) is 26.1. The van der Waals surface area contributed by atoms with Crippen molar-refractivity contribution < 1.29 is 19.0 Å². The number of hydrogen-bond donors (Lipinski definition) is 1. The molecule has 0 radical (unpaired) electrons. The second kappa shape index (κ2) is 8.14. The molecule has 158 valence electrons. The number of pyridine rings is 1. The van der Waals surface area contributed by atoms with E-state index in [0.29, 0.717) is 31.0 Å². The zero-order chi connectivity index (χ0) is 20.6. The minimum Gasteiger partial charge on any atom is -0.462 e. The fourth-order valence-electron chi connectivity index (χ4n) is 3.85. The van der Waals surface area contributed by atoms with E-state index in [9.17, 15) is 9.50 Å². The van der Waals surface area contributed by atoms with Gasteiger partial charge in [-0.05, 0) is 33.4 Å². The van der Waals surface area contributed by atoms with E-state index in [-0.39, 0.29) is 35.9 Å². The summed E-state index contributed by atoms with van der Waals surface area (Å²) >= 11 is 5.88. The topological polar surface area (TPSA) is 83.8 Å². The summed E-state index contributed by atoms with van der Waals surface area (Å²) in [7, 11) is 2.05. The Bertz CT molecular complexity index is 900. The summed E-state index contributed by atoms with van der Waals surface area (Å²) in [6, 6.07) is 0.356. The molecule has 29 heavy (non-hydrogen) atoms. The van der Waals surface area contributed by atoms with Crippen molar-refractivity contribution >= 4 is 28.3 Å². The molecule has 0 unspecified atom stereocenters. The molecule has 2 aliphatic heterocycles.